The van der Waals surface area contributed by atoms with Crippen molar-refractivity contribution in [1.82, 2.24) is 21.3 Å². The van der Waals surface area contributed by atoms with Crippen LogP contribution in [0.2, 0.25) is 0 Å². The number of carbonyl (C=O) groups is 5. The Bertz CT molecular complexity index is 1530. The van der Waals surface area contributed by atoms with Crippen LogP contribution in [0.25, 0.3) is 0 Å². The second kappa shape index (κ2) is 36.0. The summed E-state index contributed by atoms with van der Waals surface area (Å²) in [6.45, 7) is 3.04. The second-order valence-electron chi connectivity index (χ2n) is 19.4. The van der Waals surface area contributed by atoms with E-state index in [2.05, 4.69) is 21.3 Å². The summed E-state index contributed by atoms with van der Waals surface area (Å²) in [4.78, 5) is 62.8. The monoisotopic (exact) mass is 1100 g/mol. The van der Waals surface area contributed by atoms with Gasteiger partial charge in [0.2, 0.25) is 23.6 Å². The van der Waals surface area contributed by atoms with Gasteiger partial charge < -0.3 is 115 Å². The summed E-state index contributed by atoms with van der Waals surface area (Å²) in [7, 11) is 0. The molecule has 3 saturated heterocycles. The molecular weight excluding hydrogens is 1020 g/mol. The normalized spacial score (nSPS) is 30.5. The maximum atomic E-state index is 13.3. The molecule has 0 spiro atoms. The Balaban J connectivity index is 1.54. The highest BCUT2D eigenvalue weighted by molar-refractivity contribution is 5.78. The van der Waals surface area contributed by atoms with Crippen molar-refractivity contribution in [3.05, 3.63) is 0 Å². The van der Waals surface area contributed by atoms with Gasteiger partial charge in [-0.15, -0.1) is 0 Å². The number of amides is 4. The molecule has 3 fully saturated rings. The van der Waals surface area contributed by atoms with Crippen LogP contribution in [0, 0.1) is 17.8 Å². The highest BCUT2D eigenvalue weighted by Crippen LogP contribution is 2.29. The van der Waals surface area contributed by atoms with Crippen LogP contribution in [0.4, 0.5) is 0 Å². The lowest BCUT2D eigenvalue weighted by atomic mass is 9.92. The zero-order chi connectivity index (χ0) is 56.2. The van der Waals surface area contributed by atoms with E-state index in [0.717, 1.165) is 0 Å². The van der Waals surface area contributed by atoms with Gasteiger partial charge in [-0.1, -0.05) is 20.8 Å². The number of hydrogen-bond acceptors (Lipinski definition) is 23. The first-order valence-electron chi connectivity index (χ1n) is 26.1. The molecule has 15 atom stereocenters. The molecule has 0 aromatic carbocycles. The van der Waals surface area contributed by atoms with Crippen molar-refractivity contribution >= 4 is 29.6 Å². The highest BCUT2D eigenvalue weighted by Gasteiger charge is 2.45. The van der Waals surface area contributed by atoms with Gasteiger partial charge in [-0.25, -0.2) is 0 Å². The fourth-order valence-corrected chi connectivity index (χ4v) is 8.28. The summed E-state index contributed by atoms with van der Waals surface area (Å²) < 4.78 is 51.5. The Morgan fingerprint density at radius 3 is 1.04 bits per heavy atom. The number of carboxylic acids is 1. The minimum absolute atomic E-state index is 0.00431. The standard InChI is InChI=1S/C48H86N4O24/c1-28-39(62)42(65)31(22-53)74-45(28)71-16-5-13-49-34(56)10-19-68-25-48(52-37(59)8-4-9-38(60)61,26-69-20-11-35(57)50-14-6-17-72-46-29(2)40(63)43(66)32(23-54)75-46)27-70-21-12-36(58)51-15-7-18-73-47-30(3)41(64)44(67)33(24-55)76-47/h28-33,39-47,53-55,62-67H,4-27H2,1-3H3,(H,49,56)(H,50,57)(H,51,58)(H,52,59)(H,60,61)/t28?,29?,30?,31?,32?,33?,39-,40-,41-,42+,43+,44+,45-,46-,47-,48?/m1/s1. The van der Waals surface area contributed by atoms with Crippen LogP contribution in [0.15, 0.2) is 0 Å². The number of ether oxygens (including phenoxy) is 9. The number of carboxylic acid groups (broad SMARTS) is 1. The van der Waals surface area contributed by atoms with E-state index in [1.165, 1.54) is 0 Å². The van der Waals surface area contributed by atoms with E-state index in [4.69, 9.17) is 47.7 Å². The van der Waals surface area contributed by atoms with Crippen molar-refractivity contribution in [2.45, 2.75) is 158 Å². The van der Waals surface area contributed by atoms with Gasteiger partial charge in [-0.3, -0.25) is 24.0 Å². The van der Waals surface area contributed by atoms with E-state index < -0.39 is 129 Å². The van der Waals surface area contributed by atoms with Gasteiger partial charge in [-0.05, 0) is 25.7 Å². The summed E-state index contributed by atoms with van der Waals surface area (Å²) in [6.07, 6.45) is -12.8. The average Bonchev–Trinajstić information content (AvgIpc) is 3.39. The van der Waals surface area contributed by atoms with E-state index in [1.807, 2.05) is 0 Å². The van der Waals surface area contributed by atoms with E-state index in [1.54, 1.807) is 20.8 Å². The fraction of sp³-hybridized carbons (Fsp3) is 0.896. The Labute approximate surface area is 442 Å². The molecule has 14 N–H and O–H groups in total. The summed E-state index contributed by atoms with van der Waals surface area (Å²) in [5, 5.41) is 110. The molecule has 0 aliphatic carbocycles. The highest BCUT2D eigenvalue weighted by atomic mass is 16.7. The van der Waals surface area contributed by atoms with Crippen LogP contribution in [-0.2, 0) is 66.6 Å². The number of aliphatic carboxylic acids is 1. The smallest absolute Gasteiger partial charge is 0.303 e. The Morgan fingerprint density at radius 2 is 0.750 bits per heavy atom. The largest absolute Gasteiger partial charge is 0.481 e. The Morgan fingerprint density at radius 1 is 0.434 bits per heavy atom. The number of hydrogen-bond donors (Lipinski definition) is 14. The molecule has 28 nitrogen and oxygen atoms in total. The van der Waals surface area contributed by atoms with Gasteiger partial charge in [0.05, 0.1) is 97.6 Å². The molecule has 28 heteroatoms. The summed E-state index contributed by atoms with van der Waals surface area (Å²) >= 11 is 0. The molecule has 3 heterocycles. The summed E-state index contributed by atoms with van der Waals surface area (Å²) in [5.41, 5.74) is -1.47. The summed E-state index contributed by atoms with van der Waals surface area (Å²) in [6, 6.07) is 0. The third kappa shape index (κ3) is 23.1. The molecule has 0 saturated carbocycles. The minimum atomic E-state index is -1.47. The van der Waals surface area contributed by atoms with E-state index in [9.17, 15) is 69.9 Å². The minimum Gasteiger partial charge on any atom is -0.481 e. The number of rotatable bonds is 38. The third-order valence-electron chi connectivity index (χ3n) is 13.1. The Hall–Kier alpha value is -3.37. The maximum absolute atomic E-state index is 13.3. The van der Waals surface area contributed by atoms with Crippen LogP contribution in [0.1, 0.15) is 78.6 Å². The van der Waals surface area contributed by atoms with Gasteiger partial charge in [0.15, 0.2) is 18.9 Å². The fourth-order valence-electron chi connectivity index (χ4n) is 8.28. The number of aliphatic hydroxyl groups is 9. The predicted molar refractivity (Wildman–Crippen MR) is 260 cm³/mol. The molecule has 4 amide bonds. The van der Waals surface area contributed by atoms with Crippen molar-refractivity contribution in [2.75, 3.05) is 98.9 Å². The first kappa shape index (κ1) is 66.9. The lowest BCUT2D eigenvalue weighted by Gasteiger charge is -2.40. The SMILES string of the molecule is CC1[C@H](OCCCNC(=O)CCOCC(COCCC(=O)NCCCO[C@@H]2OC(CO)[C@H](O)[C@H](O)C2C)(COCCC(=O)NCCCO[C@@H]2OC(CO)[C@H](O)[C@H](O)C2C)NC(=O)CCCC(=O)O)OC(CO)[C@H](O)[C@@H]1O. The molecule has 3 aliphatic rings. The van der Waals surface area contributed by atoms with Crippen molar-refractivity contribution < 1.29 is 118 Å². The average molecular weight is 1100 g/mol. The summed E-state index contributed by atoms with van der Waals surface area (Å²) in [5.74, 6) is -4.57. The molecule has 3 rings (SSSR count). The molecule has 0 bridgehead atoms. The molecule has 0 aromatic heterocycles. The van der Waals surface area contributed by atoms with Gasteiger partial charge in [0.25, 0.3) is 0 Å². The molecular formula is C48H86N4O24. The number of aliphatic hydroxyl groups excluding tert-OH is 9. The molecule has 3 aliphatic heterocycles. The van der Waals surface area contributed by atoms with E-state index >= 15 is 0 Å². The van der Waals surface area contributed by atoms with Crippen LogP contribution in [0.5, 0.6) is 0 Å². The molecule has 0 aromatic rings. The van der Waals surface area contributed by atoms with Gasteiger partial charge in [0.1, 0.15) is 42.2 Å². The van der Waals surface area contributed by atoms with Crippen molar-refractivity contribution in [3.8, 4) is 0 Å². The van der Waals surface area contributed by atoms with E-state index in [-0.39, 0.29) is 135 Å². The maximum Gasteiger partial charge on any atom is 0.303 e. The molecule has 6 unspecified atom stereocenters. The van der Waals surface area contributed by atoms with Crippen LogP contribution in [0.3, 0.4) is 0 Å². The number of carbonyl (C=O) groups excluding carboxylic acids is 4. The zero-order valence-corrected chi connectivity index (χ0v) is 43.8. The second-order valence-corrected chi connectivity index (χ2v) is 19.4. The third-order valence-corrected chi connectivity index (χ3v) is 13.1. The van der Waals surface area contributed by atoms with E-state index in [0.29, 0.717) is 19.3 Å². The lowest BCUT2D eigenvalue weighted by Crippen LogP contribution is -2.58. The van der Waals surface area contributed by atoms with Crippen molar-refractivity contribution in [1.29, 1.82) is 0 Å². The quantitative estimate of drug-likeness (QED) is 0.0258. The zero-order valence-electron chi connectivity index (χ0n) is 43.8. The lowest BCUT2D eigenvalue weighted by molar-refractivity contribution is -0.282. The first-order valence-corrected chi connectivity index (χ1v) is 26.1. The predicted octanol–water partition coefficient (Wildman–Crippen LogP) is -4.89. The Kier molecular flexibility index (Phi) is 31.7. The first-order chi connectivity index (χ1) is 36.3. The molecule has 442 valence electrons. The molecule has 0 radical (unpaired) electrons. The van der Waals surface area contributed by atoms with Gasteiger partial charge >= 0.3 is 5.97 Å². The van der Waals surface area contributed by atoms with Crippen LogP contribution >= 0.6 is 0 Å². The topological polar surface area (TPSA) is 419 Å². The van der Waals surface area contributed by atoms with Crippen molar-refractivity contribution in [2.24, 2.45) is 17.8 Å². The van der Waals surface area contributed by atoms with Crippen LogP contribution < -0.4 is 21.3 Å². The van der Waals surface area contributed by atoms with Crippen molar-refractivity contribution in [3.63, 3.8) is 0 Å². The van der Waals surface area contributed by atoms with Crippen LogP contribution in [-0.4, -0.2) is 259 Å². The van der Waals surface area contributed by atoms with Gasteiger partial charge in [0, 0.05) is 69.5 Å². The number of nitrogens with one attached hydrogen (secondary N) is 4. The van der Waals surface area contributed by atoms with Gasteiger partial charge in [-0.2, -0.15) is 0 Å². The molecule has 76 heavy (non-hydrogen) atoms.